The molecule has 16 heteroatoms. The van der Waals surface area contributed by atoms with Gasteiger partial charge in [0.05, 0.1) is 30.4 Å². The average Bonchev–Trinajstić information content (AvgIpc) is 3.49. The molecule has 0 aliphatic heterocycles. The van der Waals surface area contributed by atoms with Crippen LogP contribution in [0.15, 0.2) is 36.7 Å². The number of esters is 1. The van der Waals surface area contributed by atoms with Gasteiger partial charge in [-0.1, -0.05) is 28.4 Å². The third-order valence-electron chi connectivity index (χ3n) is 4.81. The van der Waals surface area contributed by atoms with Gasteiger partial charge in [-0.15, -0.1) is 16.7 Å². The van der Waals surface area contributed by atoms with Crippen molar-refractivity contribution in [2.24, 2.45) is 0 Å². The highest BCUT2D eigenvalue weighted by molar-refractivity contribution is 6.31. The van der Waals surface area contributed by atoms with Crippen LogP contribution in [0.4, 0.5) is 14.5 Å². The molecule has 0 saturated carbocycles. The highest BCUT2D eigenvalue weighted by Gasteiger charge is 2.33. The van der Waals surface area contributed by atoms with Crippen molar-refractivity contribution in [2.75, 3.05) is 24.9 Å². The summed E-state index contributed by atoms with van der Waals surface area (Å²) in [4.78, 5) is 39.0. The second-order valence-corrected chi connectivity index (χ2v) is 8.25. The van der Waals surface area contributed by atoms with E-state index in [-0.39, 0.29) is 28.0 Å². The van der Waals surface area contributed by atoms with Crippen LogP contribution in [0.5, 0.6) is 0 Å². The molecule has 0 aliphatic carbocycles. The number of nitrogens with zero attached hydrogens (tertiary/aromatic N) is 6. The Bertz CT molecular complexity index is 1250. The van der Waals surface area contributed by atoms with E-state index < -0.39 is 42.8 Å². The van der Waals surface area contributed by atoms with E-state index in [1.807, 2.05) is 0 Å². The second-order valence-electron chi connectivity index (χ2n) is 7.16. The second kappa shape index (κ2) is 12.1. The molecule has 1 atom stereocenters. The van der Waals surface area contributed by atoms with Gasteiger partial charge in [-0.05, 0) is 24.3 Å². The SMILES string of the molecule is COC(=O)C(Cc1ccn(C(F)F)n1)N(CC(=O)Nc1cc(Cl)ccc1-n1cc(Cl)nn1)C(=O)CCl. The summed E-state index contributed by atoms with van der Waals surface area (Å²) >= 11 is 17.6. The highest BCUT2D eigenvalue weighted by atomic mass is 35.5. The Morgan fingerprint density at radius 3 is 2.56 bits per heavy atom. The quantitative estimate of drug-likeness (QED) is 0.297. The summed E-state index contributed by atoms with van der Waals surface area (Å²) in [6.45, 7) is -3.53. The lowest BCUT2D eigenvalue weighted by Gasteiger charge is -2.28. The summed E-state index contributed by atoms with van der Waals surface area (Å²) in [5.74, 6) is -2.96. The van der Waals surface area contributed by atoms with Crippen LogP contribution in [0.1, 0.15) is 12.2 Å². The molecule has 1 aromatic carbocycles. The van der Waals surface area contributed by atoms with Crippen LogP contribution in [0.2, 0.25) is 10.2 Å². The Labute approximate surface area is 217 Å². The number of hydrogen-bond donors (Lipinski definition) is 1. The Morgan fingerprint density at radius 1 is 1.22 bits per heavy atom. The van der Waals surface area contributed by atoms with Crippen LogP contribution < -0.4 is 5.32 Å². The molecule has 2 amide bonds. The zero-order chi connectivity index (χ0) is 26.4. The molecule has 11 nitrogen and oxygen atoms in total. The number of nitrogens with one attached hydrogen (secondary N) is 1. The normalized spacial score (nSPS) is 11.9. The first kappa shape index (κ1) is 27.3. The minimum Gasteiger partial charge on any atom is -0.467 e. The summed E-state index contributed by atoms with van der Waals surface area (Å²) in [5.41, 5.74) is 0.640. The van der Waals surface area contributed by atoms with Crippen LogP contribution in [0.3, 0.4) is 0 Å². The molecule has 36 heavy (non-hydrogen) atoms. The first-order valence-electron chi connectivity index (χ1n) is 10.1. The van der Waals surface area contributed by atoms with Gasteiger partial charge in [0.2, 0.25) is 11.8 Å². The number of hydrogen-bond acceptors (Lipinski definition) is 7. The van der Waals surface area contributed by atoms with Crippen molar-refractivity contribution in [2.45, 2.75) is 19.0 Å². The van der Waals surface area contributed by atoms with E-state index >= 15 is 0 Å². The number of halogens is 5. The predicted molar refractivity (Wildman–Crippen MR) is 125 cm³/mol. The Morgan fingerprint density at radius 2 is 1.97 bits per heavy atom. The van der Waals surface area contributed by atoms with Crippen molar-refractivity contribution < 1.29 is 27.9 Å². The number of carbonyl (C=O) groups excluding carboxylic acids is 3. The standard InChI is InChI=1S/C20H18Cl3F2N7O4/c1-36-19(35)15(7-12-4-5-31(28-12)20(24)25)30(18(34)8-21)10-17(33)26-13-6-11(22)2-3-14(13)32-9-16(23)27-29-32/h2-6,9,15,20H,7-8,10H2,1H3,(H,26,33). The maximum absolute atomic E-state index is 13.0. The molecule has 0 saturated heterocycles. The summed E-state index contributed by atoms with van der Waals surface area (Å²) in [5, 5.41) is 14.2. The minimum absolute atomic E-state index is 0.0682. The molecule has 3 rings (SSSR count). The molecule has 2 aromatic heterocycles. The van der Waals surface area contributed by atoms with Crippen molar-refractivity contribution >= 4 is 58.3 Å². The number of carbonyl (C=O) groups is 3. The van der Waals surface area contributed by atoms with E-state index in [2.05, 4.69) is 20.7 Å². The summed E-state index contributed by atoms with van der Waals surface area (Å²) in [6, 6.07) is 4.43. The number of benzene rings is 1. The predicted octanol–water partition coefficient (Wildman–Crippen LogP) is 2.96. The van der Waals surface area contributed by atoms with Crippen molar-refractivity contribution in [1.82, 2.24) is 29.7 Å². The number of methoxy groups -OCH3 is 1. The van der Waals surface area contributed by atoms with Gasteiger partial charge in [0.15, 0.2) is 5.15 Å². The fraction of sp³-hybridized carbons (Fsp3) is 0.300. The van der Waals surface area contributed by atoms with Crippen LogP contribution in [-0.2, 0) is 25.5 Å². The number of amides is 2. The molecular weight excluding hydrogens is 547 g/mol. The molecule has 0 bridgehead atoms. The van der Waals surface area contributed by atoms with E-state index in [1.165, 1.54) is 23.0 Å². The number of anilines is 1. The van der Waals surface area contributed by atoms with Gasteiger partial charge in [0, 0.05) is 17.6 Å². The molecule has 0 spiro atoms. The molecule has 0 radical (unpaired) electrons. The molecule has 0 aliphatic rings. The van der Waals surface area contributed by atoms with E-state index in [9.17, 15) is 23.2 Å². The summed E-state index contributed by atoms with van der Waals surface area (Å²) < 4.78 is 32.2. The topological polar surface area (TPSA) is 124 Å². The molecule has 0 fully saturated rings. The largest absolute Gasteiger partial charge is 0.467 e. The van der Waals surface area contributed by atoms with Gasteiger partial charge >= 0.3 is 12.5 Å². The fourth-order valence-corrected chi connectivity index (χ4v) is 3.66. The van der Waals surface area contributed by atoms with Crippen LogP contribution in [0.25, 0.3) is 5.69 Å². The molecular formula is C20H18Cl3F2N7O4. The van der Waals surface area contributed by atoms with Crippen LogP contribution in [-0.4, -0.2) is 73.0 Å². The smallest absolute Gasteiger partial charge is 0.333 e. The van der Waals surface area contributed by atoms with Gasteiger partial charge in [-0.25, -0.2) is 14.2 Å². The maximum atomic E-state index is 13.0. The summed E-state index contributed by atoms with van der Waals surface area (Å²) in [6.07, 6.45) is 2.11. The number of rotatable bonds is 10. The fourth-order valence-electron chi connectivity index (χ4n) is 3.21. The maximum Gasteiger partial charge on any atom is 0.333 e. The van der Waals surface area contributed by atoms with Crippen molar-refractivity contribution in [3.63, 3.8) is 0 Å². The average molecular weight is 565 g/mol. The van der Waals surface area contributed by atoms with Gasteiger partial charge in [-0.3, -0.25) is 9.59 Å². The molecule has 2 heterocycles. The van der Waals surface area contributed by atoms with E-state index in [4.69, 9.17) is 39.5 Å². The summed E-state index contributed by atoms with van der Waals surface area (Å²) in [7, 11) is 1.08. The zero-order valence-corrected chi connectivity index (χ0v) is 20.7. The van der Waals surface area contributed by atoms with E-state index in [0.717, 1.165) is 18.2 Å². The Hall–Kier alpha value is -3.29. The monoisotopic (exact) mass is 563 g/mol. The molecule has 1 N–H and O–H groups in total. The Kier molecular flexibility index (Phi) is 9.18. The molecule has 1 unspecified atom stereocenters. The lowest BCUT2D eigenvalue weighted by Crippen LogP contribution is -2.50. The number of ether oxygens (including phenoxy) is 1. The van der Waals surface area contributed by atoms with Crippen molar-refractivity contribution in [3.05, 3.63) is 52.5 Å². The zero-order valence-electron chi connectivity index (χ0n) is 18.4. The van der Waals surface area contributed by atoms with Gasteiger partial charge in [0.25, 0.3) is 0 Å². The minimum atomic E-state index is -2.89. The number of alkyl halides is 3. The van der Waals surface area contributed by atoms with E-state index in [0.29, 0.717) is 10.4 Å². The van der Waals surface area contributed by atoms with Crippen LogP contribution in [0, 0.1) is 0 Å². The highest BCUT2D eigenvalue weighted by Crippen LogP contribution is 2.25. The molecule has 192 valence electrons. The Balaban J connectivity index is 1.86. The first-order valence-corrected chi connectivity index (χ1v) is 11.3. The van der Waals surface area contributed by atoms with E-state index in [1.54, 1.807) is 12.1 Å². The van der Waals surface area contributed by atoms with Crippen LogP contribution >= 0.6 is 34.8 Å². The number of aromatic nitrogens is 5. The van der Waals surface area contributed by atoms with Gasteiger partial charge in [-0.2, -0.15) is 13.9 Å². The van der Waals surface area contributed by atoms with Gasteiger partial charge in [0.1, 0.15) is 18.5 Å². The van der Waals surface area contributed by atoms with Gasteiger partial charge < -0.3 is 15.0 Å². The lowest BCUT2D eigenvalue weighted by atomic mass is 10.1. The third-order valence-corrected chi connectivity index (χ3v) is 5.45. The first-order chi connectivity index (χ1) is 17.1. The third kappa shape index (κ3) is 6.68. The molecule has 3 aromatic rings. The van der Waals surface area contributed by atoms with Crippen molar-refractivity contribution in [3.8, 4) is 5.69 Å². The van der Waals surface area contributed by atoms with Crippen molar-refractivity contribution in [1.29, 1.82) is 0 Å². The lowest BCUT2D eigenvalue weighted by molar-refractivity contribution is -0.152.